The molecule has 0 aliphatic rings. The Labute approximate surface area is 275 Å². The zero-order chi connectivity index (χ0) is 31.3. The third-order valence-electron chi connectivity index (χ3n) is 8.88. The number of nitrogens with zero attached hydrogens (tertiary/aromatic N) is 3. The van der Waals surface area contributed by atoms with Crippen LogP contribution >= 0.6 is 11.3 Å². The van der Waals surface area contributed by atoms with Crippen LogP contribution in [-0.2, 0) is 0 Å². The third kappa shape index (κ3) is 4.73. The van der Waals surface area contributed by atoms with Crippen LogP contribution in [0.5, 0.6) is 0 Å². The molecule has 0 saturated carbocycles. The summed E-state index contributed by atoms with van der Waals surface area (Å²) >= 11 is 1.82. The number of rotatable bonds is 4. The maximum atomic E-state index is 7.37. The zero-order valence-corrected chi connectivity index (χ0v) is 26.0. The van der Waals surface area contributed by atoms with E-state index in [0.29, 0.717) is 5.69 Å². The van der Waals surface area contributed by atoms with E-state index >= 15 is 0 Å². The minimum Gasteiger partial charge on any atom is -0.245 e. The molecule has 0 amide bonds. The quantitative estimate of drug-likeness (QED) is 0.146. The zero-order valence-electron chi connectivity index (χ0n) is 25.2. The number of pyridine rings is 2. The van der Waals surface area contributed by atoms with Crippen molar-refractivity contribution >= 4 is 59.0 Å². The lowest BCUT2D eigenvalue weighted by Gasteiger charge is -2.09. The second-order valence-electron chi connectivity index (χ2n) is 11.7. The van der Waals surface area contributed by atoms with E-state index in [1.165, 1.54) is 31.3 Å². The van der Waals surface area contributed by atoms with Crippen LogP contribution in [0.4, 0.5) is 5.69 Å². The second kappa shape index (κ2) is 11.0. The highest BCUT2D eigenvalue weighted by Crippen LogP contribution is 2.42. The molecule has 9 rings (SSSR count). The summed E-state index contributed by atoms with van der Waals surface area (Å²) in [5.74, 6) is 0. The highest BCUT2D eigenvalue weighted by atomic mass is 32.1. The molecule has 0 saturated heterocycles. The Balaban J connectivity index is 1.16. The number of hydrogen-bond donors (Lipinski definition) is 0. The van der Waals surface area contributed by atoms with Gasteiger partial charge in [-0.2, -0.15) is 0 Å². The van der Waals surface area contributed by atoms with Gasteiger partial charge in [-0.15, -0.1) is 11.3 Å². The Kier molecular flexibility index (Phi) is 6.38. The molecule has 3 heterocycles. The third-order valence-corrected chi connectivity index (χ3v) is 10.0. The second-order valence-corrected chi connectivity index (χ2v) is 12.8. The lowest BCUT2D eigenvalue weighted by atomic mass is 9.96. The molecule has 3 nitrogen and oxygen atoms in total. The summed E-state index contributed by atoms with van der Waals surface area (Å²) in [6.07, 6.45) is 0. The minimum atomic E-state index is 0.652. The first kappa shape index (κ1) is 27.2. The van der Waals surface area contributed by atoms with Gasteiger partial charge in [0, 0.05) is 42.1 Å². The largest absolute Gasteiger partial charge is 0.245 e. The molecular formula is C43H25N3S. The molecule has 0 spiro atoms. The average molecular weight is 616 g/mol. The SMILES string of the molecule is [C-]#[N+]c1cccc(-c2ccc(-c3cccc4sc5ccc(-c6ccc7ccc8ccc(-c9ccccc9)nc8c7n6)cc5c34)cc2)c1. The summed E-state index contributed by atoms with van der Waals surface area (Å²) in [7, 11) is 0. The molecule has 0 fully saturated rings. The monoisotopic (exact) mass is 615 g/mol. The normalized spacial score (nSPS) is 11.4. The van der Waals surface area contributed by atoms with E-state index in [-0.39, 0.29) is 0 Å². The number of benzene rings is 6. The molecule has 4 heteroatoms. The average Bonchev–Trinajstić information content (AvgIpc) is 3.53. The first-order valence-corrected chi connectivity index (χ1v) is 16.3. The Morgan fingerprint density at radius 3 is 1.85 bits per heavy atom. The molecule has 0 radical (unpaired) electrons. The van der Waals surface area contributed by atoms with Gasteiger partial charge in [-0.1, -0.05) is 115 Å². The Morgan fingerprint density at radius 2 is 1.11 bits per heavy atom. The van der Waals surface area contributed by atoms with Gasteiger partial charge >= 0.3 is 0 Å². The Bertz CT molecular complexity index is 2680. The van der Waals surface area contributed by atoms with Gasteiger partial charge in [-0.3, -0.25) is 0 Å². The Morgan fingerprint density at radius 1 is 0.468 bits per heavy atom. The van der Waals surface area contributed by atoms with Crippen molar-refractivity contribution in [2.45, 2.75) is 0 Å². The summed E-state index contributed by atoms with van der Waals surface area (Å²) in [5, 5.41) is 4.65. The van der Waals surface area contributed by atoms with Crippen LogP contribution in [0.25, 0.3) is 91.6 Å². The van der Waals surface area contributed by atoms with Crippen LogP contribution in [0.3, 0.4) is 0 Å². The number of fused-ring (bicyclic) bond motifs is 6. The van der Waals surface area contributed by atoms with E-state index in [1.807, 2.05) is 47.7 Å². The lowest BCUT2D eigenvalue weighted by molar-refractivity contribution is 1.37. The molecule has 0 unspecified atom stereocenters. The van der Waals surface area contributed by atoms with E-state index in [0.717, 1.165) is 55.4 Å². The van der Waals surface area contributed by atoms with Gasteiger partial charge in [0.2, 0.25) is 0 Å². The van der Waals surface area contributed by atoms with Crippen molar-refractivity contribution in [1.29, 1.82) is 0 Å². The predicted octanol–water partition coefficient (Wildman–Crippen LogP) is 12.4. The smallest absolute Gasteiger partial charge is 0.187 e. The number of aromatic nitrogens is 2. The fourth-order valence-corrected chi connectivity index (χ4v) is 7.63. The van der Waals surface area contributed by atoms with Crippen LogP contribution in [0, 0.1) is 6.57 Å². The van der Waals surface area contributed by atoms with Gasteiger partial charge in [-0.25, -0.2) is 14.8 Å². The van der Waals surface area contributed by atoms with Crippen molar-refractivity contribution in [3.05, 3.63) is 163 Å². The fourth-order valence-electron chi connectivity index (χ4n) is 6.52. The van der Waals surface area contributed by atoms with Crippen molar-refractivity contribution in [2.75, 3.05) is 0 Å². The standard InChI is InChI=1S/C43H25N3S/c1-44-34-10-5-9-32(25-34)27-13-15-28(16-14-27)35-11-6-12-40-41(35)36-26-33(21-24-39(36)47-40)38-23-20-31-18-17-30-19-22-37(29-7-3-2-4-8-29)45-42(30)43(31)46-38/h2-26H. The number of hydrogen-bond acceptors (Lipinski definition) is 3. The Hall–Kier alpha value is -6.15. The summed E-state index contributed by atoms with van der Waals surface area (Å²) in [6, 6.07) is 52.8. The maximum absolute atomic E-state index is 7.37. The topological polar surface area (TPSA) is 30.1 Å². The molecule has 0 bridgehead atoms. The van der Waals surface area contributed by atoms with Crippen molar-refractivity contribution in [3.8, 4) is 44.8 Å². The van der Waals surface area contributed by atoms with E-state index in [4.69, 9.17) is 16.5 Å². The summed E-state index contributed by atoms with van der Waals surface area (Å²) < 4.78 is 2.52. The highest BCUT2D eigenvalue weighted by Gasteiger charge is 2.14. The molecule has 9 aromatic rings. The number of thiophene rings is 1. The van der Waals surface area contributed by atoms with Crippen LogP contribution in [0.2, 0.25) is 0 Å². The van der Waals surface area contributed by atoms with Crippen LogP contribution in [0.15, 0.2) is 152 Å². The summed E-state index contributed by atoms with van der Waals surface area (Å²) in [6.45, 7) is 7.37. The van der Waals surface area contributed by atoms with Crippen LogP contribution in [0.1, 0.15) is 0 Å². The minimum absolute atomic E-state index is 0.652. The van der Waals surface area contributed by atoms with Crippen molar-refractivity contribution < 1.29 is 0 Å². The molecule has 47 heavy (non-hydrogen) atoms. The maximum Gasteiger partial charge on any atom is 0.187 e. The van der Waals surface area contributed by atoms with E-state index in [1.54, 1.807) is 0 Å². The van der Waals surface area contributed by atoms with Crippen molar-refractivity contribution in [2.24, 2.45) is 0 Å². The lowest BCUT2D eigenvalue weighted by Crippen LogP contribution is -1.91. The van der Waals surface area contributed by atoms with Gasteiger partial charge in [-0.05, 0) is 58.7 Å². The molecule has 0 N–H and O–H groups in total. The van der Waals surface area contributed by atoms with Crippen molar-refractivity contribution in [1.82, 2.24) is 9.97 Å². The molecule has 0 aliphatic carbocycles. The molecule has 0 atom stereocenters. The molecule has 6 aromatic carbocycles. The van der Waals surface area contributed by atoms with E-state index in [9.17, 15) is 0 Å². The van der Waals surface area contributed by atoms with E-state index in [2.05, 4.69) is 120 Å². The first-order chi connectivity index (χ1) is 23.2. The molecule has 0 aliphatic heterocycles. The molecule has 218 valence electrons. The van der Waals surface area contributed by atoms with Crippen LogP contribution in [-0.4, -0.2) is 9.97 Å². The van der Waals surface area contributed by atoms with Gasteiger partial charge in [0.05, 0.1) is 29.0 Å². The summed E-state index contributed by atoms with van der Waals surface area (Å²) in [4.78, 5) is 13.9. The van der Waals surface area contributed by atoms with Gasteiger partial charge in [0.1, 0.15) is 0 Å². The molecule has 3 aromatic heterocycles. The van der Waals surface area contributed by atoms with Crippen LogP contribution < -0.4 is 0 Å². The van der Waals surface area contributed by atoms with Gasteiger partial charge < -0.3 is 0 Å². The predicted molar refractivity (Wildman–Crippen MR) is 198 cm³/mol. The highest BCUT2D eigenvalue weighted by molar-refractivity contribution is 7.26. The fraction of sp³-hybridized carbons (Fsp3) is 0. The van der Waals surface area contributed by atoms with Gasteiger partial charge in [0.25, 0.3) is 0 Å². The summed E-state index contributed by atoms with van der Waals surface area (Å²) in [5.41, 5.74) is 11.1. The first-order valence-electron chi connectivity index (χ1n) is 15.5. The molecular weight excluding hydrogens is 591 g/mol. The van der Waals surface area contributed by atoms with Crippen molar-refractivity contribution in [3.63, 3.8) is 0 Å². The van der Waals surface area contributed by atoms with Gasteiger partial charge in [0.15, 0.2) is 5.69 Å². The van der Waals surface area contributed by atoms with E-state index < -0.39 is 0 Å².